The molecule has 1 aliphatic rings. The zero-order chi connectivity index (χ0) is 29.8. The van der Waals surface area contributed by atoms with Gasteiger partial charge in [0, 0.05) is 11.3 Å². The second-order valence-corrected chi connectivity index (χ2v) is 11.8. The Bertz CT molecular complexity index is 1780. The van der Waals surface area contributed by atoms with E-state index in [9.17, 15) is 19.1 Å². The first kappa shape index (κ1) is 28.3. The van der Waals surface area contributed by atoms with Crippen LogP contribution in [0.15, 0.2) is 119 Å². The molecule has 1 saturated heterocycles. The molecule has 1 N–H and O–H groups in total. The van der Waals surface area contributed by atoms with Gasteiger partial charge in [0.15, 0.2) is 4.34 Å². The van der Waals surface area contributed by atoms with Crippen molar-refractivity contribution in [1.29, 1.82) is 0 Å². The highest BCUT2D eigenvalue weighted by atomic mass is 32.2. The minimum absolute atomic E-state index is 0.122. The van der Waals surface area contributed by atoms with Crippen molar-refractivity contribution in [3.05, 3.63) is 143 Å². The summed E-state index contributed by atoms with van der Waals surface area (Å²) in [6.07, 6.45) is 0. The SMILES string of the molecule is O=C1C(=O)N(c2nnc(SCc3ccccc3)s2)C(c2ccc(OCc3ccccc3)cc2)/C1=C(/O)c1ccc(F)cc1. The van der Waals surface area contributed by atoms with Gasteiger partial charge in [-0.05, 0) is 53.1 Å². The van der Waals surface area contributed by atoms with Crippen LogP contribution in [0.2, 0.25) is 0 Å². The average Bonchev–Trinajstić information content (AvgIpc) is 3.62. The highest BCUT2D eigenvalue weighted by molar-refractivity contribution is 8.00. The lowest BCUT2D eigenvalue weighted by molar-refractivity contribution is -0.132. The van der Waals surface area contributed by atoms with E-state index in [1.54, 1.807) is 24.3 Å². The summed E-state index contributed by atoms with van der Waals surface area (Å²) in [4.78, 5) is 28.2. The molecule has 43 heavy (non-hydrogen) atoms. The second-order valence-electron chi connectivity index (χ2n) is 9.64. The first-order valence-electron chi connectivity index (χ1n) is 13.3. The van der Waals surface area contributed by atoms with E-state index in [2.05, 4.69) is 10.2 Å². The molecule has 1 amide bonds. The predicted octanol–water partition coefficient (Wildman–Crippen LogP) is 7.17. The Morgan fingerprint density at radius 3 is 2.19 bits per heavy atom. The Balaban J connectivity index is 1.34. The Labute approximate surface area is 255 Å². The zero-order valence-corrected chi connectivity index (χ0v) is 24.2. The molecule has 0 saturated carbocycles. The molecule has 1 aromatic heterocycles. The molecule has 1 atom stereocenters. The summed E-state index contributed by atoms with van der Waals surface area (Å²) in [6, 6.07) is 30.7. The van der Waals surface area contributed by atoms with Gasteiger partial charge >= 0.3 is 5.91 Å². The van der Waals surface area contributed by atoms with Gasteiger partial charge in [0.1, 0.15) is 23.9 Å². The van der Waals surface area contributed by atoms with E-state index in [1.165, 1.54) is 52.3 Å². The van der Waals surface area contributed by atoms with Crippen LogP contribution < -0.4 is 9.64 Å². The monoisotopic (exact) mass is 609 g/mol. The number of ketones is 1. The van der Waals surface area contributed by atoms with E-state index in [4.69, 9.17) is 4.74 Å². The number of nitrogens with zero attached hydrogens (tertiary/aromatic N) is 3. The van der Waals surface area contributed by atoms with Gasteiger partial charge in [-0.2, -0.15) is 0 Å². The van der Waals surface area contributed by atoms with E-state index in [0.717, 1.165) is 11.1 Å². The van der Waals surface area contributed by atoms with Crippen LogP contribution in [0.25, 0.3) is 5.76 Å². The number of amides is 1. The third-order valence-electron chi connectivity index (χ3n) is 6.81. The van der Waals surface area contributed by atoms with Gasteiger partial charge in [-0.1, -0.05) is 95.9 Å². The number of halogens is 1. The molecule has 7 nitrogen and oxygen atoms in total. The van der Waals surface area contributed by atoms with Gasteiger partial charge < -0.3 is 9.84 Å². The van der Waals surface area contributed by atoms with Gasteiger partial charge in [0.2, 0.25) is 5.13 Å². The van der Waals surface area contributed by atoms with Crippen LogP contribution in [0.4, 0.5) is 9.52 Å². The lowest BCUT2D eigenvalue weighted by atomic mass is 9.95. The molecular formula is C33H24FN3O4S2. The summed E-state index contributed by atoms with van der Waals surface area (Å²) < 4.78 is 20.2. The first-order chi connectivity index (χ1) is 21.0. The summed E-state index contributed by atoms with van der Waals surface area (Å²) in [7, 11) is 0. The van der Waals surface area contributed by atoms with Gasteiger partial charge in [0.05, 0.1) is 11.6 Å². The zero-order valence-electron chi connectivity index (χ0n) is 22.6. The summed E-state index contributed by atoms with van der Waals surface area (Å²) >= 11 is 2.66. The first-order valence-corrected chi connectivity index (χ1v) is 15.1. The number of Topliss-reactive ketones (excluding diaryl/α,β-unsaturated/α-hetero) is 1. The molecule has 1 aliphatic heterocycles. The predicted molar refractivity (Wildman–Crippen MR) is 164 cm³/mol. The summed E-state index contributed by atoms with van der Waals surface area (Å²) in [5.41, 5.74) is 2.77. The third-order valence-corrected chi connectivity index (χ3v) is 8.94. The minimum atomic E-state index is -0.992. The van der Waals surface area contributed by atoms with Crippen molar-refractivity contribution in [2.75, 3.05) is 4.90 Å². The van der Waals surface area contributed by atoms with Crippen LogP contribution in [0.3, 0.4) is 0 Å². The van der Waals surface area contributed by atoms with Crippen LogP contribution in [0.1, 0.15) is 28.3 Å². The molecular weight excluding hydrogens is 586 g/mol. The minimum Gasteiger partial charge on any atom is -0.507 e. The lowest BCUT2D eigenvalue weighted by Gasteiger charge is -2.22. The van der Waals surface area contributed by atoms with Crippen molar-refractivity contribution in [2.24, 2.45) is 0 Å². The Hall–Kier alpha value is -4.80. The van der Waals surface area contributed by atoms with Crippen LogP contribution in [-0.2, 0) is 21.9 Å². The molecule has 214 valence electrons. The standard InChI is InChI=1S/C33H24FN3O4S2/c34-25-15-11-24(12-16-25)29(38)27-28(23-13-17-26(18-14-23)41-19-21-7-3-1-4-8-21)37(31(40)30(27)39)32-35-36-33(43-32)42-20-22-9-5-2-6-10-22/h1-18,28,38H,19-20H2/b29-27-. The molecule has 4 aromatic carbocycles. The Morgan fingerprint density at radius 1 is 0.860 bits per heavy atom. The van der Waals surface area contributed by atoms with Crippen LogP contribution >= 0.6 is 23.1 Å². The van der Waals surface area contributed by atoms with E-state index < -0.39 is 29.3 Å². The molecule has 5 aromatic rings. The number of aliphatic hydroxyl groups is 1. The molecule has 0 radical (unpaired) electrons. The number of thioether (sulfide) groups is 1. The number of hydrogen-bond acceptors (Lipinski definition) is 8. The highest BCUT2D eigenvalue weighted by Gasteiger charge is 2.48. The average molecular weight is 610 g/mol. The number of aliphatic hydroxyl groups excluding tert-OH is 1. The fraction of sp³-hybridized carbons (Fsp3) is 0.0909. The highest BCUT2D eigenvalue weighted by Crippen LogP contribution is 2.44. The van der Waals surface area contributed by atoms with Crippen molar-refractivity contribution in [3.63, 3.8) is 0 Å². The third kappa shape index (κ3) is 6.20. The molecule has 0 aliphatic carbocycles. The number of aromatic nitrogens is 2. The van der Waals surface area contributed by atoms with Gasteiger partial charge in [-0.3, -0.25) is 14.5 Å². The van der Waals surface area contributed by atoms with Crippen LogP contribution in [0, 0.1) is 5.82 Å². The Morgan fingerprint density at radius 2 is 1.51 bits per heavy atom. The van der Waals surface area contributed by atoms with E-state index in [1.807, 2.05) is 60.7 Å². The number of benzene rings is 4. The summed E-state index contributed by atoms with van der Waals surface area (Å²) in [5, 5.41) is 20.0. The van der Waals surface area contributed by atoms with Gasteiger partial charge in [-0.25, -0.2) is 4.39 Å². The van der Waals surface area contributed by atoms with E-state index in [0.29, 0.717) is 28.0 Å². The molecule has 2 heterocycles. The summed E-state index contributed by atoms with van der Waals surface area (Å²) in [5.74, 6) is -1.35. The number of carbonyl (C=O) groups excluding carboxylic acids is 2. The van der Waals surface area contributed by atoms with Gasteiger partial charge in [-0.15, -0.1) is 10.2 Å². The smallest absolute Gasteiger partial charge is 0.301 e. The fourth-order valence-electron chi connectivity index (χ4n) is 4.67. The van der Waals surface area contributed by atoms with Crippen molar-refractivity contribution in [3.8, 4) is 5.75 Å². The number of ether oxygens (including phenoxy) is 1. The van der Waals surface area contributed by atoms with Crippen LogP contribution in [-0.4, -0.2) is 27.0 Å². The lowest BCUT2D eigenvalue weighted by Crippen LogP contribution is -2.29. The van der Waals surface area contributed by atoms with Gasteiger partial charge in [0.25, 0.3) is 5.78 Å². The maximum absolute atomic E-state index is 13.6. The fourth-order valence-corrected chi connectivity index (χ4v) is 6.50. The van der Waals surface area contributed by atoms with Crippen molar-refractivity contribution in [1.82, 2.24) is 10.2 Å². The molecule has 1 unspecified atom stereocenters. The summed E-state index contributed by atoms with van der Waals surface area (Å²) in [6.45, 7) is 0.372. The maximum Gasteiger partial charge on any atom is 0.301 e. The van der Waals surface area contributed by atoms with Crippen molar-refractivity contribution in [2.45, 2.75) is 22.7 Å². The van der Waals surface area contributed by atoms with Crippen molar-refractivity contribution >= 4 is 45.7 Å². The molecule has 0 bridgehead atoms. The number of carbonyl (C=O) groups is 2. The van der Waals surface area contributed by atoms with E-state index >= 15 is 0 Å². The van der Waals surface area contributed by atoms with Crippen molar-refractivity contribution < 1.29 is 23.8 Å². The molecule has 0 spiro atoms. The maximum atomic E-state index is 13.6. The molecule has 1 fully saturated rings. The normalized spacial score (nSPS) is 16.0. The van der Waals surface area contributed by atoms with Crippen LogP contribution in [0.5, 0.6) is 5.75 Å². The van der Waals surface area contributed by atoms with E-state index in [-0.39, 0.29) is 16.3 Å². The number of anilines is 1. The number of hydrogen-bond donors (Lipinski definition) is 1. The topological polar surface area (TPSA) is 92.6 Å². The quantitative estimate of drug-likeness (QED) is 0.0623. The Kier molecular flexibility index (Phi) is 8.30. The molecule has 6 rings (SSSR count). The second kappa shape index (κ2) is 12.6. The molecule has 10 heteroatoms. The largest absolute Gasteiger partial charge is 0.507 e. The number of rotatable bonds is 9.